The maximum Gasteiger partial charge on any atom is 0.277 e. The van der Waals surface area contributed by atoms with Gasteiger partial charge in [0.25, 0.3) is 5.91 Å². The maximum atomic E-state index is 13.2. The average molecular weight is 685 g/mol. The molecule has 0 atom stereocenters. The molecule has 2 aliphatic rings. The number of amides is 2. The number of benzene rings is 1. The summed E-state index contributed by atoms with van der Waals surface area (Å²) < 4.78 is 18.3. The zero-order valence-corrected chi connectivity index (χ0v) is 28.1. The molecule has 0 spiro atoms. The van der Waals surface area contributed by atoms with Gasteiger partial charge in [-0.05, 0) is 72.8 Å². The fraction of sp³-hybridized carbons (Fsp3) is 0.484. The van der Waals surface area contributed by atoms with Crippen molar-refractivity contribution in [2.75, 3.05) is 69.2 Å². The minimum absolute atomic E-state index is 0.0401. The topological polar surface area (TPSA) is 140 Å². The number of hydrogen-bond acceptors (Lipinski definition) is 12. The molecule has 1 fully saturated rings. The van der Waals surface area contributed by atoms with Crippen molar-refractivity contribution in [1.29, 1.82) is 0 Å². The molecule has 0 saturated carbocycles. The Balaban J connectivity index is 0.969. The molecule has 0 aliphatic carbocycles. The number of rotatable bonds is 14. The number of piperidine rings is 1. The second-order valence-corrected chi connectivity index (χ2v) is 14.5. The van der Waals surface area contributed by atoms with Gasteiger partial charge in [0, 0.05) is 51.5 Å². The number of carbonyl (C=O) groups excluding carboxylic acids is 2. The summed E-state index contributed by atoms with van der Waals surface area (Å²) in [5.41, 5.74) is 8.69. The number of fused-ring (bicyclic) bond motifs is 2. The Morgan fingerprint density at radius 3 is 2.76 bits per heavy atom. The van der Waals surface area contributed by atoms with Crippen LogP contribution in [0, 0.1) is 5.92 Å². The molecule has 6 rings (SSSR count). The first-order valence-electron chi connectivity index (χ1n) is 15.6. The number of aryl methyl sites for hydroxylation is 1. The molecular formula is C31H40N8O4S3. The van der Waals surface area contributed by atoms with E-state index in [-0.39, 0.29) is 18.4 Å². The molecule has 5 heterocycles. The predicted molar refractivity (Wildman–Crippen MR) is 183 cm³/mol. The zero-order valence-electron chi connectivity index (χ0n) is 25.7. The molecule has 3 aromatic heterocycles. The number of nitrogens with zero attached hydrogens (tertiary/aromatic N) is 5. The number of likely N-dealkylation sites (tertiary alicyclic amines) is 1. The highest BCUT2D eigenvalue weighted by molar-refractivity contribution is 8.02. The zero-order chi connectivity index (χ0) is 31.7. The molecule has 4 N–H and O–H groups in total. The molecule has 15 heteroatoms. The Kier molecular flexibility index (Phi) is 11.6. The number of thiazole rings is 1. The Labute approximate surface area is 280 Å². The summed E-state index contributed by atoms with van der Waals surface area (Å²) in [4.78, 5) is 34.7. The molecule has 46 heavy (non-hydrogen) atoms. The van der Waals surface area contributed by atoms with E-state index < -0.39 is 0 Å². The van der Waals surface area contributed by atoms with Gasteiger partial charge in [-0.25, -0.2) is 4.98 Å². The van der Waals surface area contributed by atoms with Crippen LogP contribution in [0.15, 0.2) is 46.0 Å². The SMILES string of the molecule is NCCOCCOCC(=O)N1CCC(CN2CCCn3nc(C(=O)Nc4nc5ccc(NSc6cccs6)cc5s4)cc3C2)CC1. The van der Waals surface area contributed by atoms with E-state index in [1.54, 1.807) is 23.3 Å². The lowest BCUT2D eigenvalue weighted by molar-refractivity contribution is -0.138. The fourth-order valence-corrected chi connectivity index (χ4v) is 8.04. The van der Waals surface area contributed by atoms with Crippen LogP contribution >= 0.6 is 34.6 Å². The highest BCUT2D eigenvalue weighted by atomic mass is 32.2. The molecule has 0 bridgehead atoms. The van der Waals surface area contributed by atoms with Gasteiger partial charge in [-0.15, -0.1) is 11.3 Å². The molecular weight excluding hydrogens is 645 g/mol. The number of aromatic nitrogens is 3. The predicted octanol–water partition coefficient (Wildman–Crippen LogP) is 4.36. The Bertz CT molecular complexity index is 1590. The number of anilines is 2. The number of nitrogens with two attached hydrogens (primary N) is 1. The first kappa shape index (κ1) is 32.9. The van der Waals surface area contributed by atoms with Crippen molar-refractivity contribution in [3.05, 3.63) is 53.2 Å². The van der Waals surface area contributed by atoms with Crippen molar-refractivity contribution in [2.45, 2.75) is 36.6 Å². The number of thiophene rings is 1. The summed E-state index contributed by atoms with van der Waals surface area (Å²) in [5, 5.41) is 10.2. The maximum absolute atomic E-state index is 13.2. The lowest BCUT2D eigenvalue weighted by Gasteiger charge is -2.34. The second kappa shape index (κ2) is 16.2. The summed E-state index contributed by atoms with van der Waals surface area (Å²) in [7, 11) is 0. The normalized spacial score (nSPS) is 16.0. The molecule has 4 aromatic rings. The molecule has 0 unspecified atom stereocenters. The highest BCUT2D eigenvalue weighted by Gasteiger charge is 2.26. The van der Waals surface area contributed by atoms with Crippen LogP contribution in [0.25, 0.3) is 10.2 Å². The van der Waals surface area contributed by atoms with E-state index >= 15 is 0 Å². The second-order valence-electron chi connectivity index (χ2n) is 11.4. The fourth-order valence-electron chi connectivity index (χ4n) is 5.71. The number of nitrogens with one attached hydrogen (secondary N) is 2. The lowest BCUT2D eigenvalue weighted by atomic mass is 9.96. The summed E-state index contributed by atoms with van der Waals surface area (Å²) in [5.74, 6) is 0.316. The van der Waals surface area contributed by atoms with E-state index in [1.807, 2.05) is 33.8 Å². The van der Waals surface area contributed by atoms with Crippen molar-refractivity contribution >= 4 is 67.5 Å². The van der Waals surface area contributed by atoms with Gasteiger partial charge < -0.3 is 24.8 Å². The van der Waals surface area contributed by atoms with Gasteiger partial charge in [0.1, 0.15) is 6.61 Å². The van der Waals surface area contributed by atoms with Crippen LogP contribution in [0.2, 0.25) is 0 Å². The minimum Gasteiger partial charge on any atom is -0.378 e. The van der Waals surface area contributed by atoms with Gasteiger partial charge in [-0.2, -0.15) is 5.10 Å². The van der Waals surface area contributed by atoms with Gasteiger partial charge in [0.2, 0.25) is 5.91 Å². The Morgan fingerprint density at radius 1 is 1.07 bits per heavy atom. The lowest BCUT2D eigenvalue weighted by Crippen LogP contribution is -2.43. The van der Waals surface area contributed by atoms with Crippen LogP contribution in [0.5, 0.6) is 0 Å². The van der Waals surface area contributed by atoms with Crippen LogP contribution in [0.3, 0.4) is 0 Å². The molecule has 1 saturated heterocycles. The third kappa shape index (κ3) is 8.85. The van der Waals surface area contributed by atoms with Crippen molar-refractivity contribution in [3.8, 4) is 0 Å². The van der Waals surface area contributed by atoms with Crippen molar-refractivity contribution in [1.82, 2.24) is 24.6 Å². The molecule has 1 aromatic carbocycles. The van der Waals surface area contributed by atoms with E-state index in [0.717, 1.165) is 80.1 Å². The summed E-state index contributed by atoms with van der Waals surface area (Å²) in [6.07, 6.45) is 2.92. The van der Waals surface area contributed by atoms with Gasteiger partial charge in [0.15, 0.2) is 10.8 Å². The number of carbonyl (C=O) groups is 2. The molecule has 2 aliphatic heterocycles. The van der Waals surface area contributed by atoms with Gasteiger partial charge in [0.05, 0.1) is 39.9 Å². The molecule has 246 valence electrons. The number of hydrogen-bond donors (Lipinski definition) is 3. The van der Waals surface area contributed by atoms with Crippen LogP contribution in [-0.2, 0) is 27.4 Å². The van der Waals surface area contributed by atoms with Crippen molar-refractivity contribution in [3.63, 3.8) is 0 Å². The van der Waals surface area contributed by atoms with Crippen LogP contribution in [0.4, 0.5) is 10.8 Å². The molecule has 2 amide bonds. The summed E-state index contributed by atoms with van der Waals surface area (Å²) in [6.45, 7) is 6.92. The Morgan fingerprint density at radius 2 is 1.93 bits per heavy atom. The van der Waals surface area contributed by atoms with Crippen molar-refractivity contribution in [2.24, 2.45) is 11.7 Å². The molecule has 0 radical (unpaired) electrons. The number of ether oxygens (including phenoxy) is 2. The highest BCUT2D eigenvalue weighted by Crippen LogP contribution is 2.31. The van der Waals surface area contributed by atoms with E-state index in [1.165, 1.54) is 15.5 Å². The van der Waals surface area contributed by atoms with E-state index in [2.05, 4.69) is 42.5 Å². The monoisotopic (exact) mass is 684 g/mol. The smallest absolute Gasteiger partial charge is 0.277 e. The van der Waals surface area contributed by atoms with Crippen LogP contribution in [0.1, 0.15) is 35.4 Å². The van der Waals surface area contributed by atoms with E-state index in [0.29, 0.717) is 43.1 Å². The van der Waals surface area contributed by atoms with Gasteiger partial charge >= 0.3 is 0 Å². The Hall–Kier alpha value is -3.05. The summed E-state index contributed by atoms with van der Waals surface area (Å²) in [6, 6.07) is 12.0. The average Bonchev–Trinajstić information content (AvgIpc) is 3.80. The minimum atomic E-state index is -0.248. The third-order valence-electron chi connectivity index (χ3n) is 8.04. The quantitative estimate of drug-likeness (QED) is 0.130. The van der Waals surface area contributed by atoms with E-state index in [9.17, 15) is 9.59 Å². The summed E-state index contributed by atoms with van der Waals surface area (Å²) >= 11 is 4.72. The van der Waals surface area contributed by atoms with E-state index in [4.69, 9.17) is 15.2 Å². The van der Waals surface area contributed by atoms with Crippen LogP contribution < -0.4 is 15.8 Å². The largest absolute Gasteiger partial charge is 0.378 e. The molecule has 12 nitrogen and oxygen atoms in total. The first-order chi connectivity index (χ1) is 22.5. The third-order valence-corrected chi connectivity index (χ3v) is 10.9. The standard InChI is InChI=1S/C31H40N8O4S3/c32-8-13-42-14-15-43-21-28(40)38-11-6-22(7-12-38)19-37-9-2-10-39-24(20-37)18-26(35-39)30(41)34-31-33-25-5-4-23(17-27(25)45-31)36-46-29-3-1-16-44-29/h1,3-5,16-18,22,36H,2,6-15,19-21,32H2,(H,33,34,41). The van der Waals surface area contributed by atoms with Crippen molar-refractivity contribution < 1.29 is 19.1 Å². The van der Waals surface area contributed by atoms with Crippen LogP contribution in [-0.4, -0.2) is 95.5 Å². The van der Waals surface area contributed by atoms with Gasteiger partial charge in [-0.3, -0.25) is 24.5 Å². The van der Waals surface area contributed by atoms with Gasteiger partial charge in [-0.1, -0.05) is 17.4 Å². The first-order valence-corrected chi connectivity index (χ1v) is 18.2.